The number of carbonyl (C=O) groups is 1. The van der Waals surface area contributed by atoms with Crippen LogP contribution in [0, 0.1) is 0 Å². The van der Waals surface area contributed by atoms with E-state index in [0.717, 1.165) is 47.2 Å². The molecule has 33 heavy (non-hydrogen) atoms. The first-order chi connectivity index (χ1) is 16.1. The highest BCUT2D eigenvalue weighted by molar-refractivity contribution is 7.99. The first-order valence-corrected chi connectivity index (χ1v) is 13.0. The Morgan fingerprint density at radius 2 is 1.85 bits per heavy atom. The van der Waals surface area contributed by atoms with Crippen LogP contribution in [0.3, 0.4) is 0 Å². The minimum Gasteiger partial charge on any atom is -0.325 e. The number of anilines is 1. The van der Waals surface area contributed by atoms with Gasteiger partial charge in [0.25, 0.3) is 5.56 Å². The van der Waals surface area contributed by atoms with Crippen molar-refractivity contribution in [3.05, 3.63) is 86.5 Å². The summed E-state index contributed by atoms with van der Waals surface area (Å²) >= 11 is 2.94. The van der Waals surface area contributed by atoms with Crippen molar-refractivity contribution >= 4 is 44.9 Å². The van der Waals surface area contributed by atoms with Crippen LogP contribution in [-0.4, -0.2) is 21.2 Å². The van der Waals surface area contributed by atoms with Gasteiger partial charge in [0, 0.05) is 17.6 Å². The van der Waals surface area contributed by atoms with E-state index in [9.17, 15) is 9.59 Å². The van der Waals surface area contributed by atoms with E-state index in [-0.39, 0.29) is 17.2 Å². The van der Waals surface area contributed by atoms with Gasteiger partial charge in [-0.05, 0) is 54.9 Å². The van der Waals surface area contributed by atoms with E-state index in [2.05, 4.69) is 17.4 Å². The molecule has 5 rings (SSSR count). The molecule has 1 amide bonds. The van der Waals surface area contributed by atoms with E-state index in [1.807, 2.05) is 42.5 Å². The lowest BCUT2D eigenvalue weighted by Crippen LogP contribution is -2.22. The summed E-state index contributed by atoms with van der Waals surface area (Å²) in [6.45, 7) is 0. The largest absolute Gasteiger partial charge is 0.325 e. The van der Waals surface area contributed by atoms with E-state index >= 15 is 0 Å². The van der Waals surface area contributed by atoms with Crippen molar-refractivity contribution in [3.63, 3.8) is 0 Å². The average molecular weight is 476 g/mol. The second kappa shape index (κ2) is 9.53. The first-order valence-electron chi connectivity index (χ1n) is 11.2. The number of carbonyl (C=O) groups excluding carboxylic acids is 1. The maximum absolute atomic E-state index is 13.1. The number of aryl methyl sites for hydroxylation is 2. The number of benzene rings is 2. The number of aromatic nitrogens is 2. The van der Waals surface area contributed by atoms with Gasteiger partial charge in [0.1, 0.15) is 4.83 Å². The zero-order valence-corrected chi connectivity index (χ0v) is 20.1. The second-order valence-electron chi connectivity index (χ2n) is 8.31. The lowest BCUT2D eigenvalue weighted by atomic mass is 9.97. The topological polar surface area (TPSA) is 64.0 Å². The number of fused-ring (bicyclic) bond motifs is 3. The summed E-state index contributed by atoms with van der Waals surface area (Å²) in [5.41, 5.74) is 4.27. The quantitative estimate of drug-likeness (QED) is 0.308. The molecule has 7 heteroatoms. The number of hydrogen-bond donors (Lipinski definition) is 1. The highest BCUT2D eigenvalue weighted by Crippen LogP contribution is 2.34. The van der Waals surface area contributed by atoms with Gasteiger partial charge in [-0.25, -0.2) is 4.98 Å². The molecule has 2 heterocycles. The van der Waals surface area contributed by atoms with E-state index in [0.29, 0.717) is 5.16 Å². The molecule has 5 nitrogen and oxygen atoms in total. The number of nitrogens with zero attached hydrogens (tertiary/aromatic N) is 2. The molecule has 2 aromatic carbocycles. The number of para-hydroxylation sites is 1. The summed E-state index contributed by atoms with van der Waals surface area (Å²) in [5.74, 6) is 0.0802. The van der Waals surface area contributed by atoms with E-state index in [1.165, 1.54) is 34.2 Å². The number of amides is 1. The molecule has 1 aliphatic carbocycles. The number of hydrogen-bond acceptors (Lipinski definition) is 5. The summed E-state index contributed by atoms with van der Waals surface area (Å²) in [7, 11) is 1.75. The molecule has 4 aromatic rings. The Labute approximate surface area is 200 Å². The lowest BCUT2D eigenvalue weighted by molar-refractivity contribution is -0.113. The fraction of sp³-hybridized carbons (Fsp3) is 0.269. The van der Waals surface area contributed by atoms with Crippen molar-refractivity contribution in [3.8, 4) is 0 Å². The number of thioether (sulfide) groups is 1. The smallest absolute Gasteiger partial charge is 0.262 e. The zero-order chi connectivity index (χ0) is 22.8. The zero-order valence-electron chi connectivity index (χ0n) is 18.5. The second-order valence-corrected chi connectivity index (χ2v) is 10.3. The fourth-order valence-corrected chi connectivity index (χ4v) is 6.40. The Kier molecular flexibility index (Phi) is 6.33. The highest BCUT2D eigenvalue weighted by atomic mass is 32.2. The van der Waals surface area contributed by atoms with Gasteiger partial charge in [-0.1, -0.05) is 60.3 Å². The monoisotopic (exact) mass is 475 g/mol. The van der Waals surface area contributed by atoms with Crippen LogP contribution in [0.4, 0.5) is 5.69 Å². The lowest BCUT2D eigenvalue weighted by Gasteiger charge is -2.12. The highest BCUT2D eigenvalue weighted by Gasteiger charge is 2.21. The summed E-state index contributed by atoms with van der Waals surface area (Å²) in [5, 5.41) is 4.40. The van der Waals surface area contributed by atoms with Crippen LogP contribution in [-0.2, 0) is 31.1 Å². The van der Waals surface area contributed by atoms with E-state index in [4.69, 9.17) is 4.98 Å². The summed E-state index contributed by atoms with van der Waals surface area (Å²) in [6.07, 6.45) is 5.05. The van der Waals surface area contributed by atoms with Gasteiger partial charge in [-0.3, -0.25) is 14.2 Å². The van der Waals surface area contributed by atoms with Crippen molar-refractivity contribution in [2.75, 3.05) is 11.1 Å². The molecule has 1 N–H and O–H groups in total. The number of thiophene rings is 1. The summed E-state index contributed by atoms with van der Waals surface area (Å²) < 4.78 is 1.59. The van der Waals surface area contributed by atoms with Gasteiger partial charge < -0.3 is 5.32 Å². The molecule has 0 aliphatic heterocycles. The maximum Gasteiger partial charge on any atom is 0.262 e. The van der Waals surface area contributed by atoms with Crippen molar-refractivity contribution in [2.45, 2.75) is 37.3 Å². The van der Waals surface area contributed by atoms with Crippen LogP contribution >= 0.6 is 23.1 Å². The third-order valence-electron chi connectivity index (χ3n) is 6.02. The van der Waals surface area contributed by atoms with Crippen LogP contribution < -0.4 is 10.9 Å². The Morgan fingerprint density at radius 3 is 2.70 bits per heavy atom. The summed E-state index contributed by atoms with van der Waals surface area (Å²) in [6, 6.07) is 18.1. The van der Waals surface area contributed by atoms with E-state index in [1.54, 1.807) is 23.0 Å². The van der Waals surface area contributed by atoms with Crippen molar-refractivity contribution in [1.29, 1.82) is 0 Å². The molecule has 1 aliphatic rings. The minimum atomic E-state index is -0.111. The molecular formula is C26H25N3O2S2. The number of nitrogens with one attached hydrogen (secondary N) is 1. The van der Waals surface area contributed by atoms with Gasteiger partial charge in [0.2, 0.25) is 5.91 Å². The van der Waals surface area contributed by atoms with Crippen LogP contribution in [0.2, 0.25) is 0 Å². The van der Waals surface area contributed by atoms with Crippen molar-refractivity contribution in [1.82, 2.24) is 9.55 Å². The fourth-order valence-electron chi connectivity index (χ4n) is 4.32. The van der Waals surface area contributed by atoms with Gasteiger partial charge >= 0.3 is 0 Å². The average Bonchev–Trinajstić information content (AvgIpc) is 3.21. The molecule has 168 valence electrons. The van der Waals surface area contributed by atoms with Crippen molar-refractivity contribution in [2.24, 2.45) is 7.05 Å². The minimum absolute atomic E-state index is 0.00415. The van der Waals surface area contributed by atoms with Crippen LogP contribution in [0.15, 0.2) is 64.5 Å². The first kappa shape index (κ1) is 21.9. The molecule has 2 aromatic heterocycles. The Balaban J connectivity index is 1.31. The predicted molar refractivity (Wildman–Crippen MR) is 137 cm³/mol. The Morgan fingerprint density at radius 1 is 1.09 bits per heavy atom. The third-order valence-corrected chi connectivity index (χ3v) is 8.23. The molecule has 0 saturated carbocycles. The molecule has 0 atom stereocenters. The summed E-state index contributed by atoms with van der Waals surface area (Å²) in [4.78, 5) is 32.7. The van der Waals surface area contributed by atoms with Crippen LogP contribution in [0.5, 0.6) is 0 Å². The predicted octanol–water partition coefficient (Wildman–Crippen LogP) is 5.20. The van der Waals surface area contributed by atoms with Crippen LogP contribution in [0.25, 0.3) is 10.2 Å². The molecule has 0 bridgehead atoms. The normalized spacial score (nSPS) is 13.1. The van der Waals surface area contributed by atoms with Gasteiger partial charge in [0.05, 0.1) is 11.1 Å². The molecular weight excluding hydrogens is 450 g/mol. The molecule has 0 unspecified atom stereocenters. The third kappa shape index (κ3) is 4.61. The molecule has 0 radical (unpaired) electrons. The SMILES string of the molecule is Cn1c(SCC(=O)Nc2ccccc2Cc2ccccc2)nc2sc3c(c2c1=O)CCCC3. The van der Waals surface area contributed by atoms with E-state index < -0.39 is 0 Å². The van der Waals surface area contributed by atoms with Gasteiger partial charge in [-0.15, -0.1) is 11.3 Å². The van der Waals surface area contributed by atoms with Gasteiger partial charge in [-0.2, -0.15) is 0 Å². The molecule has 0 saturated heterocycles. The molecule has 0 fully saturated rings. The number of rotatable bonds is 6. The van der Waals surface area contributed by atoms with Crippen LogP contribution in [0.1, 0.15) is 34.4 Å². The van der Waals surface area contributed by atoms with Gasteiger partial charge in [0.15, 0.2) is 5.16 Å². The van der Waals surface area contributed by atoms with Crippen molar-refractivity contribution < 1.29 is 4.79 Å². The Hall–Kier alpha value is -2.90. The Bertz CT molecular complexity index is 1380. The maximum atomic E-state index is 13.1. The molecule has 0 spiro atoms. The standard InChI is InChI=1S/C26H25N3O2S2/c1-29-25(31)23-19-12-6-8-14-21(19)33-24(23)28-26(29)32-16-22(30)27-20-13-7-5-11-18(20)15-17-9-3-2-4-10-17/h2-5,7,9-11,13H,6,8,12,14-16H2,1H3,(H,27,30).